The lowest BCUT2D eigenvalue weighted by Gasteiger charge is -2.11. The molecule has 20 heavy (non-hydrogen) atoms. The van der Waals surface area contributed by atoms with Crippen molar-refractivity contribution in [3.63, 3.8) is 0 Å². The number of methoxy groups -OCH3 is 1. The number of hydrogen-bond acceptors (Lipinski definition) is 3. The fraction of sp³-hybridized carbons (Fsp3) is 0.133. The van der Waals surface area contributed by atoms with E-state index in [0.29, 0.717) is 22.7 Å². The van der Waals surface area contributed by atoms with Crippen molar-refractivity contribution >= 4 is 33.2 Å². The Balaban J connectivity index is 2.28. The molecule has 0 unspecified atom stereocenters. The van der Waals surface area contributed by atoms with Gasteiger partial charge in [0.15, 0.2) is 0 Å². The number of carbonyl (C=O) groups excluding carboxylic acids is 1. The zero-order valence-electron chi connectivity index (χ0n) is 11.2. The number of nitrogens with one attached hydrogen (secondary N) is 1. The molecule has 0 saturated carbocycles. The number of para-hydroxylation sites is 1. The Kier molecular flexibility index (Phi) is 4.29. The molecular weight excluding hydrogens is 320 g/mol. The normalized spacial score (nSPS) is 10.2. The molecule has 0 aromatic heterocycles. The quantitative estimate of drug-likeness (QED) is 0.843. The first-order chi connectivity index (χ1) is 9.51. The second kappa shape index (κ2) is 5.96. The molecule has 0 fully saturated rings. The summed E-state index contributed by atoms with van der Waals surface area (Å²) in [6.45, 7) is 1.96. The van der Waals surface area contributed by atoms with Crippen molar-refractivity contribution in [2.75, 3.05) is 18.2 Å². The van der Waals surface area contributed by atoms with Crippen LogP contribution in [0.4, 0.5) is 11.4 Å². The Morgan fingerprint density at radius 1 is 1.30 bits per heavy atom. The van der Waals surface area contributed by atoms with Gasteiger partial charge >= 0.3 is 0 Å². The second-order valence-corrected chi connectivity index (χ2v) is 5.31. The Hall–Kier alpha value is -2.01. The minimum Gasteiger partial charge on any atom is -0.495 e. The molecule has 0 radical (unpaired) electrons. The van der Waals surface area contributed by atoms with Crippen LogP contribution in [0.25, 0.3) is 0 Å². The van der Waals surface area contributed by atoms with Crippen molar-refractivity contribution in [1.82, 2.24) is 0 Å². The fourth-order valence-electron chi connectivity index (χ4n) is 1.93. The molecule has 4 nitrogen and oxygen atoms in total. The fourth-order valence-corrected chi connectivity index (χ4v) is 2.53. The molecule has 0 aliphatic carbocycles. The standard InChI is InChI=1S/C15H15BrN2O2/c1-9-6-10(16)8-11(7-9)18-15(19)12-4-3-5-13(20-2)14(12)17/h3-8H,17H2,1-2H3,(H,18,19). The van der Waals surface area contributed by atoms with Gasteiger partial charge in [0.25, 0.3) is 5.91 Å². The average Bonchev–Trinajstić information content (AvgIpc) is 2.37. The predicted molar refractivity (Wildman–Crippen MR) is 84.2 cm³/mol. The number of halogens is 1. The number of nitrogen functional groups attached to an aromatic ring is 1. The molecule has 5 heteroatoms. The smallest absolute Gasteiger partial charge is 0.257 e. The van der Waals surface area contributed by atoms with Gasteiger partial charge in [-0.25, -0.2) is 0 Å². The number of hydrogen-bond donors (Lipinski definition) is 2. The van der Waals surface area contributed by atoms with Crippen molar-refractivity contribution in [3.05, 3.63) is 52.0 Å². The summed E-state index contributed by atoms with van der Waals surface area (Å²) in [7, 11) is 1.52. The van der Waals surface area contributed by atoms with E-state index >= 15 is 0 Å². The SMILES string of the molecule is COc1cccc(C(=O)Nc2cc(C)cc(Br)c2)c1N. The number of amides is 1. The van der Waals surface area contributed by atoms with Gasteiger partial charge in [-0.2, -0.15) is 0 Å². The third kappa shape index (κ3) is 3.11. The molecule has 0 aliphatic rings. The van der Waals surface area contributed by atoms with Crippen LogP contribution in [-0.2, 0) is 0 Å². The molecule has 2 aromatic rings. The van der Waals surface area contributed by atoms with Gasteiger partial charge in [-0.05, 0) is 42.8 Å². The molecule has 0 spiro atoms. The third-order valence-corrected chi connectivity index (χ3v) is 3.29. The molecular formula is C15H15BrN2O2. The van der Waals surface area contributed by atoms with Crippen LogP contribution in [0.2, 0.25) is 0 Å². The van der Waals surface area contributed by atoms with Crippen molar-refractivity contribution in [2.45, 2.75) is 6.92 Å². The summed E-state index contributed by atoms with van der Waals surface area (Å²) in [6, 6.07) is 10.8. The number of nitrogens with two attached hydrogens (primary N) is 1. The highest BCUT2D eigenvalue weighted by molar-refractivity contribution is 9.10. The van der Waals surface area contributed by atoms with Crippen molar-refractivity contribution in [3.8, 4) is 5.75 Å². The predicted octanol–water partition coefficient (Wildman–Crippen LogP) is 3.60. The number of aryl methyl sites for hydroxylation is 1. The first-order valence-corrected chi connectivity index (χ1v) is 6.81. The minimum atomic E-state index is -0.265. The van der Waals surface area contributed by atoms with E-state index in [1.807, 2.05) is 25.1 Å². The molecule has 3 N–H and O–H groups in total. The van der Waals surface area contributed by atoms with Gasteiger partial charge in [-0.15, -0.1) is 0 Å². The van der Waals surface area contributed by atoms with E-state index in [0.717, 1.165) is 10.0 Å². The van der Waals surface area contributed by atoms with Gasteiger partial charge in [0, 0.05) is 10.2 Å². The van der Waals surface area contributed by atoms with Gasteiger partial charge in [-0.3, -0.25) is 4.79 Å². The minimum absolute atomic E-state index is 0.265. The van der Waals surface area contributed by atoms with Crippen molar-refractivity contribution in [2.24, 2.45) is 0 Å². The van der Waals surface area contributed by atoms with E-state index < -0.39 is 0 Å². The van der Waals surface area contributed by atoms with Crippen LogP contribution >= 0.6 is 15.9 Å². The summed E-state index contributed by atoms with van der Waals surface area (Å²) in [6.07, 6.45) is 0. The molecule has 0 heterocycles. The van der Waals surface area contributed by atoms with Crippen molar-refractivity contribution < 1.29 is 9.53 Å². The van der Waals surface area contributed by atoms with Crippen LogP contribution in [0.5, 0.6) is 5.75 Å². The van der Waals surface area contributed by atoms with Crippen LogP contribution in [0.3, 0.4) is 0 Å². The highest BCUT2D eigenvalue weighted by Gasteiger charge is 2.13. The van der Waals surface area contributed by atoms with Gasteiger partial charge in [0.2, 0.25) is 0 Å². The number of ether oxygens (including phenoxy) is 1. The summed E-state index contributed by atoms with van der Waals surface area (Å²) in [5, 5.41) is 2.83. The summed E-state index contributed by atoms with van der Waals surface area (Å²) in [4.78, 5) is 12.3. The lowest BCUT2D eigenvalue weighted by molar-refractivity contribution is 0.102. The van der Waals surface area contributed by atoms with E-state index in [4.69, 9.17) is 10.5 Å². The van der Waals surface area contributed by atoms with Gasteiger partial charge in [0.05, 0.1) is 18.4 Å². The van der Waals surface area contributed by atoms with Gasteiger partial charge in [-0.1, -0.05) is 22.0 Å². The average molecular weight is 335 g/mol. The highest BCUT2D eigenvalue weighted by atomic mass is 79.9. The van der Waals surface area contributed by atoms with Crippen LogP contribution in [0, 0.1) is 6.92 Å². The maximum atomic E-state index is 12.3. The zero-order valence-corrected chi connectivity index (χ0v) is 12.8. The zero-order chi connectivity index (χ0) is 14.7. The van der Waals surface area contributed by atoms with Crippen LogP contribution in [-0.4, -0.2) is 13.0 Å². The molecule has 1 amide bonds. The molecule has 0 bridgehead atoms. The number of benzene rings is 2. The Labute approximate surface area is 126 Å². The summed E-state index contributed by atoms with van der Waals surface area (Å²) < 4.78 is 6.02. The first-order valence-electron chi connectivity index (χ1n) is 6.02. The number of rotatable bonds is 3. The number of carbonyl (C=O) groups is 1. The Morgan fingerprint density at radius 3 is 2.70 bits per heavy atom. The van der Waals surface area contributed by atoms with E-state index in [1.165, 1.54) is 7.11 Å². The third-order valence-electron chi connectivity index (χ3n) is 2.83. The highest BCUT2D eigenvalue weighted by Crippen LogP contribution is 2.26. The van der Waals surface area contributed by atoms with E-state index in [9.17, 15) is 4.79 Å². The first kappa shape index (κ1) is 14.4. The molecule has 0 aliphatic heterocycles. The monoisotopic (exact) mass is 334 g/mol. The summed E-state index contributed by atoms with van der Waals surface area (Å²) >= 11 is 3.40. The van der Waals surface area contributed by atoms with E-state index in [1.54, 1.807) is 18.2 Å². The lowest BCUT2D eigenvalue weighted by atomic mass is 10.1. The van der Waals surface area contributed by atoms with Gasteiger partial charge in [0.1, 0.15) is 5.75 Å². The molecule has 2 aromatic carbocycles. The maximum Gasteiger partial charge on any atom is 0.257 e. The second-order valence-electron chi connectivity index (χ2n) is 4.39. The van der Waals surface area contributed by atoms with Gasteiger partial charge < -0.3 is 15.8 Å². The topological polar surface area (TPSA) is 64.3 Å². The van der Waals surface area contributed by atoms with E-state index in [-0.39, 0.29) is 5.91 Å². The van der Waals surface area contributed by atoms with Crippen LogP contribution in [0.15, 0.2) is 40.9 Å². The summed E-state index contributed by atoms with van der Waals surface area (Å²) in [5.41, 5.74) is 8.40. The molecule has 104 valence electrons. The summed E-state index contributed by atoms with van der Waals surface area (Å²) in [5.74, 6) is 0.224. The van der Waals surface area contributed by atoms with Crippen LogP contribution in [0.1, 0.15) is 15.9 Å². The molecule has 0 saturated heterocycles. The molecule has 2 rings (SSSR count). The van der Waals surface area contributed by atoms with Crippen LogP contribution < -0.4 is 15.8 Å². The Morgan fingerprint density at radius 2 is 2.05 bits per heavy atom. The number of anilines is 2. The maximum absolute atomic E-state index is 12.3. The Bertz CT molecular complexity index is 636. The van der Waals surface area contributed by atoms with Crippen molar-refractivity contribution in [1.29, 1.82) is 0 Å². The largest absolute Gasteiger partial charge is 0.495 e. The lowest BCUT2D eigenvalue weighted by Crippen LogP contribution is -2.14. The van der Waals surface area contributed by atoms with E-state index in [2.05, 4.69) is 21.2 Å². The molecule has 0 atom stereocenters.